The molecule has 1 aliphatic rings. The Bertz CT molecular complexity index is 1180. The number of hydrogen-bond donors (Lipinski definition) is 1. The topological polar surface area (TPSA) is 83.7 Å². The van der Waals surface area contributed by atoms with Gasteiger partial charge < -0.3 is 24.7 Å². The highest BCUT2D eigenvalue weighted by atomic mass is 16.5. The molecule has 0 saturated heterocycles. The number of anilines is 2. The molecule has 0 aliphatic heterocycles. The third kappa shape index (κ3) is 3.40. The number of benzene rings is 2. The molecule has 1 N–H and O–H groups in total. The first kappa shape index (κ1) is 20.8. The lowest BCUT2D eigenvalue weighted by Crippen LogP contribution is -2.37. The monoisotopic (exact) mass is 422 g/mol. The summed E-state index contributed by atoms with van der Waals surface area (Å²) in [4.78, 5) is 12.9. The van der Waals surface area contributed by atoms with Crippen molar-refractivity contribution in [3.05, 3.63) is 51.9 Å². The van der Waals surface area contributed by atoms with E-state index in [1.807, 2.05) is 26.0 Å². The zero-order chi connectivity index (χ0) is 22.3. The van der Waals surface area contributed by atoms with Crippen molar-refractivity contribution in [1.82, 2.24) is 0 Å². The first-order chi connectivity index (χ1) is 14.9. The molecule has 162 valence electrons. The van der Waals surface area contributed by atoms with Gasteiger partial charge in [0, 0.05) is 36.7 Å². The SMILES string of the molecule is COc1cc(Nc2c3c([n+]([O-])c4cc(C)c(C)cc24)CCCC3=O)cc(OC)c1OC. The molecule has 31 heavy (non-hydrogen) atoms. The predicted octanol–water partition coefficient (Wildman–Crippen LogP) is 4.38. The molecular formula is C24H26N2O5. The van der Waals surface area contributed by atoms with Gasteiger partial charge in [-0.3, -0.25) is 4.79 Å². The van der Waals surface area contributed by atoms with Crippen LogP contribution in [0.3, 0.4) is 0 Å². The maximum atomic E-state index is 13.2. The van der Waals surface area contributed by atoms with Crippen molar-refractivity contribution in [3.63, 3.8) is 0 Å². The van der Waals surface area contributed by atoms with E-state index in [1.54, 1.807) is 33.5 Å². The molecule has 0 saturated carbocycles. The maximum Gasteiger partial charge on any atom is 0.226 e. The molecule has 0 bridgehead atoms. The number of fused-ring (bicyclic) bond motifs is 2. The van der Waals surface area contributed by atoms with Crippen molar-refractivity contribution >= 4 is 28.1 Å². The summed E-state index contributed by atoms with van der Waals surface area (Å²) >= 11 is 0. The molecular weight excluding hydrogens is 396 g/mol. The van der Waals surface area contributed by atoms with E-state index in [-0.39, 0.29) is 5.78 Å². The molecule has 1 aromatic heterocycles. The molecule has 0 amide bonds. The number of Topliss-reactive ketones (excluding diaryl/α,β-unsaturated/α-hetero) is 1. The molecule has 0 unspecified atom stereocenters. The number of carbonyl (C=O) groups is 1. The van der Waals surface area contributed by atoms with Crippen LogP contribution in [0.2, 0.25) is 0 Å². The minimum Gasteiger partial charge on any atom is -0.618 e. The lowest BCUT2D eigenvalue weighted by Gasteiger charge is -2.22. The molecule has 2 aromatic carbocycles. The first-order valence-corrected chi connectivity index (χ1v) is 10.2. The van der Waals surface area contributed by atoms with Crippen molar-refractivity contribution in [2.45, 2.75) is 33.1 Å². The van der Waals surface area contributed by atoms with Gasteiger partial charge in [-0.1, -0.05) is 0 Å². The Morgan fingerprint density at radius 2 is 1.58 bits per heavy atom. The van der Waals surface area contributed by atoms with Gasteiger partial charge in [0.1, 0.15) is 5.56 Å². The number of ether oxygens (including phenoxy) is 3. The van der Waals surface area contributed by atoms with Gasteiger partial charge in [0.05, 0.1) is 32.4 Å². The Morgan fingerprint density at radius 3 is 2.19 bits per heavy atom. The summed E-state index contributed by atoms with van der Waals surface area (Å²) in [5, 5.41) is 17.3. The average molecular weight is 422 g/mol. The van der Waals surface area contributed by atoms with E-state index in [0.717, 1.165) is 15.9 Å². The molecule has 0 fully saturated rings. The molecule has 3 aromatic rings. The fourth-order valence-corrected chi connectivity index (χ4v) is 4.19. The van der Waals surface area contributed by atoms with Crippen LogP contribution in [0.1, 0.15) is 40.0 Å². The smallest absolute Gasteiger partial charge is 0.226 e. The zero-order valence-electron chi connectivity index (χ0n) is 18.4. The van der Waals surface area contributed by atoms with Crippen molar-refractivity contribution in [2.24, 2.45) is 0 Å². The quantitative estimate of drug-likeness (QED) is 0.485. The Morgan fingerprint density at radius 1 is 0.935 bits per heavy atom. The number of methoxy groups -OCH3 is 3. The minimum atomic E-state index is -0.0269. The molecule has 1 aliphatic carbocycles. The van der Waals surface area contributed by atoms with Gasteiger partial charge >= 0.3 is 0 Å². The lowest BCUT2D eigenvalue weighted by atomic mass is 9.90. The highest BCUT2D eigenvalue weighted by molar-refractivity contribution is 6.10. The molecule has 0 atom stereocenters. The summed E-state index contributed by atoms with van der Waals surface area (Å²) in [5.74, 6) is 1.45. The summed E-state index contributed by atoms with van der Waals surface area (Å²) in [6, 6.07) is 7.41. The van der Waals surface area contributed by atoms with Crippen LogP contribution in [0.25, 0.3) is 10.9 Å². The summed E-state index contributed by atoms with van der Waals surface area (Å²) in [6.45, 7) is 3.97. The highest BCUT2D eigenvalue weighted by Crippen LogP contribution is 2.42. The number of aryl methyl sites for hydroxylation is 2. The number of hydrogen-bond acceptors (Lipinski definition) is 6. The fourth-order valence-electron chi connectivity index (χ4n) is 4.19. The Kier molecular flexibility index (Phi) is 5.35. The molecule has 0 spiro atoms. The van der Waals surface area contributed by atoms with Crippen LogP contribution in [0.15, 0.2) is 24.3 Å². The Labute approximate surface area is 181 Å². The molecule has 7 heteroatoms. The summed E-state index contributed by atoms with van der Waals surface area (Å²) < 4.78 is 17.3. The van der Waals surface area contributed by atoms with Crippen LogP contribution in [-0.2, 0) is 6.42 Å². The summed E-state index contributed by atoms with van der Waals surface area (Å²) in [5.41, 5.74) is 4.90. The van der Waals surface area contributed by atoms with Crippen molar-refractivity contribution in [1.29, 1.82) is 0 Å². The van der Waals surface area contributed by atoms with Crippen molar-refractivity contribution < 1.29 is 23.7 Å². The second-order valence-electron chi connectivity index (χ2n) is 7.76. The van der Waals surface area contributed by atoms with E-state index in [0.29, 0.717) is 70.0 Å². The van der Waals surface area contributed by atoms with Crippen LogP contribution in [-0.4, -0.2) is 27.1 Å². The van der Waals surface area contributed by atoms with Gasteiger partial charge in [-0.15, -0.1) is 0 Å². The minimum absolute atomic E-state index is 0.0269. The van der Waals surface area contributed by atoms with Crippen LogP contribution in [0.4, 0.5) is 11.4 Å². The van der Waals surface area contributed by atoms with E-state index >= 15 is 0 Å². The second kappa shape index (κ2) is 7.98. The van der Waals surface area contributed by atoms with Gasteiger partial charge in [0.2, 0.25) is 17.0 Å². The molecule has 7 nitrogen and oxygen atoms in total. The normalized spacial score (nSPS) is 13.1. The number of ketones is 1. The number of rotatable bonds is 5. The van der Waals surface area contributed by atoms with Crippen LogP contribution in [0, 0.1) is 19.1 Å². The van der Waals surface area contributed by atoms with Crippen molar-refractivity contribution in [3.8, 4) is 17.2 Å². The summed E-state index contributed by atoms with van der Waals surface area (Å²) in [7, 11) is 4.65. The van der Waals surface area contributed by atoms with Crippen molar-refractivity contribution in [2.75, 3.05) is 26.6 Å². The predicted molar refractivity (Wildman–Crippen MR) is 119 cm³/mol. The number of nitrogens with zero attached hydrogens (tertiary/aromatic N) is 1. The third-order valence-electron chi connectivity index (χ3n) is 5.91. The zero-order valence-corrected chi connectivity index (χ0v) is 18.4. The standard InChI is InChI=1S/C24H26N2O5/c1-13-9-16-18(10-14(13)2)26(28)17-7-6-8-19(27)22(17)23(16)25-15-11-20(29-3)24(31-5)21(12-15)30-4/h9-12,25H,6-8H2,1-5H3. The number of nitrogens with one attached hydrogen (secondary N) is 1. The van der Waals surface area contributed by atoms with E-state index < -0.39 is 0 Å². The van der Waals surface area contributed by atoms with Crippen LogP contribution in [0.5, 0.6) is 17.2 Å². The number of aromatic nitrogens is 1. The van der Waals surface area contributed by atoms with Gasteiger partial charge in [-0.05, 0) is 37.5 Å². The van der Waals surface area contributed by atoms with Crippen LogP contribution < -0.4 is 24.3 Å². The summed E-state index contributed by atoms with van der Waals surface area (Å²) in [6.07, 6.45) is 1.67. The van der Waals surface area contributed by atoms with Gasteiger partial charge in [0.15, 0.2) is 17.3 Å². The van der Waals surface area contributed by atoms with E-state index in [9.17, 15) is 10.0 Å². The van der Waals surface area contributed by atoms with Gasteiger partial charge in [0.25, 0.3) is 0 Å². The Hall–Kier alpha value is -3.48. The number of pyridine rings is 1. The molecule has 4 rings (SSSR count). The lowest BCUT2D eigenvalue weighted by molar-refractivity contribution is -0.586. The van der Waals surface area contributed by atoms with E-state index in [2.05, 4.69) is 5.32 Å². The van der Waals surface area contributed by atoms with Gasteiger partial charge in [-0.2, -0.15) is 4.73 Å². The Balaban J connectivity index is 2.00. The molecule has 1 heterocycles. The van der Waals surface area contributed by atoms with Crippen LogP contribution >= 0.6 is 0 Å². The highest BCUT2D eigenvalue weighted by Gasteiger charge is 2.31. The largest absolute Gasteiger partial charge is 0.618 e. The molecule has 0 radical (unpaired) electrons. The fraction of sp³-hybridized carbons (Fsp3) is 0.333. The third-order valence-corrected chi connectivity index (χ3v) is 5.91. The van der Waals surface area contributed by atoms with E-state index in [4.69, 9.17) is 14.2 Å². The average Bonchev–Trinajstić information content (AvgIpc) is 2.77. The number of carbonyl (C=O) groups excluding carboxylic acids is 1. The van der Waals surface area contributed by atoms with Gasteiger partial charge in [-0.25, -0.2) is 0 Å². The second-order valence-corrected chi connectivity index (χ2v) is 7.76. The van der Waals surface area contributed by atoms with E-state index in [1.165, 1.54) is 0 Å². The first-order valence-electron chi connectivity index (χ1n) is 10.2. The maximum absolute atomic E-state index is 13.2.